The van der Waals surface area contributed by atoms with E-state index in [0.29, 0.717) is 5.02 Å². The van der Waals surface area contributed by atoms with Crippen LogP contribution in [0.25, 0.3) is 0 Å². The van der Waals surface area contributed by atoms with Gasteiger partial charge in [-0.3, -0.25) is 14.8 Å². The molecule has 0 spiro atoms. The van der Waals surface area contributed by atoms with Crippen LogP contribution in [0.2, 0.25) is 5.02 Å². The van der Waals surface area contributed by atoms with Crippen LogP contribution in [0.3, 0.4) is 0 Å². The Hall–Kier alpha value is -1.95. The first-order chi connectivity index (χ1) is 8.89. The summed E-state index contributed by atoms with van der Waals surface area (Å²) in [5, 5.41) is 0.291. The van der Waals surface area contributed by atoms with Crippen molar-refractivity contribution < 1.29 is 18.0 Å². The summed E-state index contributed by atoms with van der Waals surface area (Å²) in [6, 6.07) is 3.40. The maximum absolute atomic E-state index is 12.8. The van der Waals surface area contributed by atoms with Gasteiger partial charge in [-0.15, -0.1) is 0 Å². The number of ketones is 1. The molecule has 0 aromatic carbocycles. The predicted octanol–water partition coefficient (Wildman–Crippen LogP) is 3.38. The summed E-state index contributed by atoms with van der Waals surface area (Å²) < 4.78 is 38.3. The molecule has 0 aliphatic heterocycles. The Bertz CT molecular complexity index is 611. The number of hydrogen-bond acceptors (Lipinski definition) is 3. The van der Waals surface area contributed by atoms with Crippen LogP contribution in [0, 0.1) is 0 Å². The molecule has 0 bridgehead atoms. The van der Waals surface area contributed by atoms with Gasteiger partial charge in [-0.05, 0) is 18.2 Å². The Labute approximate surface area is 111 Å². The van der Waals surface area contributed by atoms with Crippen LogP contribution in [0.15, 0.2) is 36.8 Å². The fraction of sp³-hybridized carbons (Fsp3) is 0.0833. The molecule has 0 fully saturated rings. The van der Waals surface area contributed by atoms with Gasteiger partial charge in [-0.1, -0.05) is 11.6 Å². The zero-order valence-corrected chi connectivity index (χ0v) is 10.0. The van der Waals surface area contributed by atoms with Crippen LogP contribution in [-0.2, 0) is 6.18 Å². The molecule has 7 heteroatoms. The normalized spacial score (nSPS) is 11.4. The monoisotopic (exact) mass is 286 g/mol. The van der Waals surface area contributed by atoms with E-state index in [1.165, 1.54) is 18.3 Å². The molecule has 0 aliphatic carbocycles. The van der Waals surface area contributed by atoms with E-state index < -0.39 is 23.1 Å². The number of pyridine rings is 2. The number of alkyl halides is 3. The minimum absolute atomic E-state index is 0.122. The second-order valence-electron chi connectivity index (χ2n) is 3.61. The van der Waals surface area contributed by atoms with Crippen LogP contribution in [-0.4, -0.2) is 15.8 Å². The van der Waals surface area contributed by atoms with Crippen LogP contribution in [0.1, 0.15) is 21.6 Å². The van der Waals surface area contributed by atoms with Crippen LogP contribution < -0.4 is 0 Å². The van der Waals surface area contributed by atoms with Crippen LogP contribution >= 0.6 is 11.6 Å². The number of rotatable bonds is 2. The molecule has 2 rings (SSSR count). The molecule has 2 aromatic rings. The van der Waals surface area contributed by atoms with Gasteiger partial charge in [0.1, 0.15) is 5.69 Å². The molecule has 0 saturated heterocycles. The Balaban J connectivity index is 2.48. The van der Waals surface area contributed by atoms with Crippen molar-refractivity contribution in [2.75, 3.05) is 0 Å². The van der Waals surface area contributed by atoms with Gasteiger partial charge >= 0.3 is 6.18 Å². The van der Waals surface area contributed by atoms with E-state index in [0.717, 1.165) is 18.5 Å². The smallest absolute Gasteiger partial charge is 0.287 e. The average molecular weight is 287 g/mol. The topological polar surface area (TPSA) is 42.9 Å². The molecular weight excluding hydrogens is 281 g/mol. The lowest BCUT2D eigenvalue weighted by Gasteiger charge is -2.10. The fourth-order valence-corrected chi connectivity index (χ4v) is 1.58. The van der Waals surface area contributed by atoms with E-state index in [-0.39, 0.29) is 5.69 Å². The zero-order chi connectivity index (χ0) is 14.0. The summed E-state index contributed by atoms with van der Waals surface area (Å²) in [7, 11) is 0. The van der Waals surface area contributed by atoms with Gasteiger partial charge in [0.2, 0.25) is 5.78 Å². The largest absolute Gasteiger partial charge is 0.417 e. The van der Waals surface area contributed by atoms with E-state index in [4.69, 9.17) is 11.6 Å². The summed E-state index contributed by atoms with van der Waals surface area (Å²) in [6.07, 6.45) is -1.57. The minimum atomic E-state index is -4.62. The minimum Gasteiger partial charge on any atom is -0.287 e. The molecule has 0 atom stereocenters. The second-order valence-corrected chi connectivity index (χ2v) is 4.05. The van der Waals surface area contributed by atoms with E-state index in [2.05, 4.69) is 9.97 Å². The van der Waals surface area contributed by atoms with Gasteiger partial charge in [0, 0.05) is 18.6 Å². The predicted molar refractivity (Wildman–Crippen MR) is 61.9 cm³/mol. The highest BCUT2D eigenvalue weighted by molar-refractivity contribution is 6.30. The van der Waals surface area contributed by atoms with Crippen LogP contribution in [0.5, 0.6) is 0 Å². The third-order valence-corrected chi connectivity index (χ3v) is 2.55. The maximum atomic E-state index is 12.8. The molecule has 0 unspecified atom stereocenters. The molecule has 98 valence electrons. The highest BCUT2D eigenvalue weighted by Crippen LogP contribution is 2.32. The van der Waals surface area contributed by atoms with E-state index in [1.54, 1.807) is 0 Å². The highest BCUT2D eigenvalue weighted by atomic mass is 35.5. The van der Waals surface area contributed by atoms with Gasteiger partial charge in [0.25, 0.3) is 0 Å². The van der Waals surface area contributed by atoms with Crippen LogP contribution in [0.4, 0.5) is 13.2 Å². The number of carbonyl (C=O) groups excluding carboxylic acids is 1. The molecule has 19 heavy (non-hydrogen) atoms. The third-order valence-electron chi connectivity index (χ3n) is 2.33. The second kappa shape index (κ2) is 4.97. The fourth-order valence-electron chi connectivity index (χ4n) is 1.47. The summed E-state index contributed by atoms with van der Waals surface area (Å²) >= 11 is 5.60. The molecule has 2 aromatic heterocycles. The summed E-state index contributed by atoms with van der Waals surface area (Å²) in [6.45, 7) is 0. The standard InChI is InChI=1S/C12H6ClF3N2O/c13-7-1-2-10(18-5-7)11(19)8-6-17-4-3-9(8)12(14,15)16/h1-6H. The lowest BCUT2D eigenvalue weighted by molar-refractivity contribution is -0.137. The van der Waals surface area contributed by atoms with Crippen molar-refractivity contribution in [2.24, 2.45) is 0 Å². The number of carbonyl (C=O) groups is 1. The Kier molecular flexibility index (Phi) is 3.53. The van der Waals surface area contributed by atoms with E-state index in [9.17, 15) is 18.0 Å². The number of hydrogen-bond donors (Lipinski definition) is 0. The van der Waals surface area contributed by atoms with Crippen molar-refractivity contribution in [3.63, 3.8) is 0 Å². The molecule has 0 radical (unpaired) electrons. The lowest BCUT2D eigenvalue weighted by Crippen LogP contribution is -2.15. The zero-order valence-electron chi connectivity index (χ0n) is 9.28. The number of aromatic nitrogens is 2. The third kappa shape index (κ3) is 2.90. The first kappa shape index (κ1) is 13.5. The molecule has 0 amide bonds. The number of halogens is 4. The maximum Gasteiger partial charge on any atom is 0.417 e. The van der Waals surface area contributed by atoms with Gasteiger partial charge < -0.3 is 0 Å². The average Bonchev–Trinajstić information content (AvgIpc) is 2.38. The van der Waals surface area contributed by atoms with Gasteiger partial charge in [0.05, 0.1) is 16.1 Å². The van der Waals surface area contributed by atoms with Crippen molar-refractivity contribution in [1.82, 2.24) is 9.97 Å². The quantitative estimate of drug-likeness (QED) is 0.795. The van der Waals surface area contributed by atoms with Crippen molar-refractivity contribution in [1.29, 1.82) is 0 Å². The number of nitrogens with zero attached hydrogens (tertiary/aromatic N) is 2. The molecule has 2 heterocycles. The van der Waals surface area contributed by atoms with Gasteiger partial charge in [0.15, 0.2) is 0 Å². The molecule has 0 aliphatic rings. The van der Waals surface area contributed by atoms with Crippen molar-refractivity contribution >= 4 is 17.4 Å². The Morgan fingerprint density at radius 3 is 2.47 bits per heavy atom. The van der Waals surface area contributed by atoms with Crippen molar-refractivity contribution in [3.05, 3.63) is 58.6 Å². The van der Waals surface area contributed by atoms with Crippen molar-refractivity contribution in [3.8, 4) is 0 Å². The van der Waals surface area contributed by atoms with E-state index >= 15 is 0 Å². The van der Waals surface area contributed by atoms with Gasteiger partial charge in [-0.2, -0.15) is 13.2 Å². The SMILES string of the molecule is O=C(c1ccc(Cl)cn1)c1cnccc1C(F)(F)F. The Morgan fingerprint density at radius 2 is 1.89 bits per heavy atom. The van der Waals surface area contributed by atoms with Crippen molar-refractivity contribution in [2.45, 2.75) is 6.18 Å². The first-order valence-corrected chi connectivity index (χ1v) is 5.45. The highest BCUT2D eigenvalue weighted by Gasteiger charge is 2.35. The molecular formula is C12H6ClF3N2O. The first-order valence-electron chi connectivity index (χ1n) is 5.07. The lowest BCUT2D eigenvalue weighted by atomic mass is 10.0. The molecule has 0 saturated carbocycles. The van der Waals surface area contributed by atoms with Gasteiger partial charge in [-0.25, -0.2) is 0 Å². The molecule has 3 nitrogen and oxygen atoms in total. The van der Waals surface area contributed by atoms with E-state index in [1.807, 2.05) is 0 Å². The summed E-state index contributed by atoms with van der Waals surface area (Å²) in [4.78, 5) is 19.2. The molecule has 0 N–H and O–H groups in total. The summed E-state index contributed by atoms with van der Waals surface area (Å²) in [5.74, 6) is -0.850. The Morgan fingerprint density at radius 1 is 1.16 bits per heavy atom. The summed E-state index contributed by atoms with van der Waals surface area (Å²) in [5.41, 5.74) is -1.70.